The van der Waals surface area contributed by atoms with E-state index in [1.165, 1.54) is 5.56 Å². The van der Waals surface area contributed by atoms with Crippen LogP contribution in [-0.4, -0.2) is 26.0 Å². The summed E-state index contributed by atoms with van der Waals surface area (Å²) in [5.41, 5.74) is 2.28. The molecule has 1 unspecified atom stereocenters. The van der Waals surface area contributed by atoms with Crippen LogP contribution < -0.4 is 10.2 Å². The first-order valence-electron chi connectivity index (χ1n) is 6.67. The molecule has 0 aliphatic heterocycles. The van der Waals surface area contributed by atoms with Gasteiger partial charge in [-0.2, -0.15) is 0 Å². The van der Waals surface area contributed by atoms with E-state index in [-0.39, 0.29) is 5.91 Å². The second kappa shape index (κ2) is 7.17. The molecule has 0 spiro atoms. The van der Waals surface area contributed by atoms with E-state index in [2.05, 4.69) is 31.3 Å². The number of carbonyl (C=O) groups excluding carboxylic acids is 1. The van der Waals surface area contributed by atoms with E-state index in [9.17, 15) is 4.79 Å². The van der Waals surface area contributed by atoms with E-state index < -0.39 is 0 Å². The maximum Gasteiger partial charge on any atom is 0.240 e. The number of anilines is 1. The zero-order chi connectivity index (χ0) is 13.5. The van der Waals surface area contributed by atoms with Crippen LogP contribution in [0.5, 0.6) is 0 Å². The van der Waals surface area contributed by atoms with Gasteiger partial charge in [-0.15, -0.1) is 0 Å². The highest BCUT2D eigenvalue weighted by atomic mass is 16.2. The monoisotopic (exact) mass is 248 g/mol. The summed E-state index contributed by atoms with van der Waals surface area (Å²) < 4.78 is 0. The molecule has 0 aliphatic carbocycles. The van der Waals surface area contributed by atoms with Crippen LogP contribution in [0.15, 0.2) is 24.3 Å². The Morgan fingerprint density at radius 1 is 1.28 bits per heavy atom. The molecule has 1 atom stereocenters. The molecule has 1 aromatic carbocycles. The number of likely N-dealkylation sites (N-methyl/N-ethyl adjacent to an activating group) is 2. The lowest BCUT2D eigenvalue weighted by Gasteiger charge is -2.18. The minimum absolute atomic E-state index is 0.0909. The summed E-state index contributed by atoms with van der Waals surface area (Å²) in [4.78, 5) is 13.5. The second-order valence-electron chi connectivity index (χ2n) is 4.63. The van der Waals surface area contributed by atoms with Crippen molar-refractivity contribution in [3.8, 4) is 0 Å². The standard InChI is InChI=1S/C15H24N2O/c1-5-12(3)13-7-9-14(10-8-13)17(4)15(18)11-16-6-2/h7-10,12,16H,5-6,11H2,1-4H3. The molecule has 0 bridgehead atoms. The maximum absolute atomic E-state index is 11.8. The third kappa shape index (κ3) is 3.84. The molecule has 0 fully saturated rings. The smallest absolute Gasteiger partial charge is 0.240 e. The number of nitrogens with one attached hydrogen (secondary N) is 1. The zero-order valence-electron chi connectivity index (χ0n) is 11.9. The SMILES string of the molecule is CCNCC(=O)N(C)c1ccc(C(C)CC)cc1. The minimum atomic E-state index is 0.0909. The average molecular weight is 248 g/mol. The molecule has 18 heavy (non-hydrogen) atoms. The maximum atomic E-state index is 11.8. The fourth-order valence-electron chi connectivity index (χ4n) is 1.76. The molecule has 0 saturated carbocycles. The van der Waals surface area contributed by atoms with Crippen LogP contribution in [0.1, 0.15) is 38.7 Å². The summed E-state index contributed by atoms with van der Waals surface area (Å²) in [7, 11) is 1.82. The Bertz CT molecular complexity index is 373. The van der Waals surface area contributed by atoms with Crippen molar-refractivity contribution in [2.24, 2.45) is 0 Å². The predicted molar refractivity (Wildman–Crippen MR) is 77.1 cm³/mol. The van der Waals surface area contributed by atoms with Gasteiger partial charge in [0, 0.05) is 12.7 Å². The number of nitrogens with zero attached hydrogens (tertiary/aromatic N) is 1. The van der Waals surface area contributed by atoms with Crippen molar-refractivity contribution < 1.29 is 4.79 Å². The van der Waals surface area contributed by atoms with Crippen LogP contribution in [0.4, 0.5) is 5.69 Å². The predicted octanol–water partition coefficient (Wildman–Crippen LogP) is 2.77. The lowest BCUT2D eigenvalue weighted by atomic mass is 9.98. The van der Waals surface area contributed by atoms with Gasteiger partial charge >= 0.3 is 0 Å². The normalized spacial score (nSPS) is 12.2. The van der Waals surface area contributed by atoms with Gasteiger partial charge in [0.2, 0.25) is 5.91 Å². The van der Waals surface area contributed by atoms with Gasteiger partial charge < -0.3 is 10.2 Å². The number of rotatable bonds is 6. The molecule has 3 heteroatoms. The first-order valence-corrected chi connectivity index (χ1v) is 6.67. The van der Waals surface area contributed by atoms with E-state index >= 15 is 0 Å². The second-order valence-corrected chi connectivity index (χ2v) is 4.63. The van der Waals surface area contributed by atoms with Gasteiger partial charge in [-0.1, -0.05) is 32.9 Å². The van der Waals surface area contributed by atoms with Crippen LogP contribution in [0.2, 0.25) is 0 Å². The van der Waals surface area contributed by atoms with Crippen molar-refractivity contribution in [2.45, 2.75) is 33.1 Å². The number of hydrogen-bond donors (Lipinski definition) is 1. The highest BCUT2D eigenvalue weighted by Gasteiger charge is 2.10. The molecule has 0 aliphatic rings. The third-order valence-electron chi connectivity index (χ3n) is 3.36. The Kier molecular flexibility index (Phi) is 5.86. The van der Waals surface area contributed by atoms with Gasteiger partial charge in [0.15, 0.2) is 0 Å². The third-order valence-corrected chi connectivity index (χ3v) is 3.36. The van der Waals surface area contributed by atoms with E-state index in [0.29, 0.717) is 12.5 Å². The van der Waals surface area contributed by atoms with Gasteiger partial charge in [-0.3, -0.25) is 4.79 Å². The Morgan fingerprint density at radius 2 is 1.89 bits per heavy atom. The molecule has 100 valence electrons. The molecular weight excluding hydrogens is 224 g/mol. The first kappa shape index (κ1) is 14.7. The van der Waals surface area contributed by atoms with E-state index in [1.807, 2.05) is 26.1 Å². The zero-order valence-corrected chi connectivity index (χ0v) is 11.9. The van der Waals surface area contributed by atoms with Crippen molar-refractivity contribution in [1.82, 2.24) is 5.32 Å². The summed E-state index contributed by atoms with van der Waals surface area (Å²) in [5.74, 6) is 0.662. The Labute approximate surface area is 110 Å². The van der Waals surface area contributed by atoms with Gasteiger partial charge in [-0.25, -0.2) is 0 Å². The van der Waals surface area contributed by atoms with Crippen LogP contribution in [0.3, 0.4) is 0 Å². The van der Waals surface area contributed by atoms with Gasteiger partial charge in [0.25, 0.3) is 0 Å². The topological polar surface area (TPSA) is 32.3 Å². The van der Waals surface area contributed by atoms with E-state index in [4.69, 9.17) is 0 Å². The Balaban J connectivity index is 2.69. The van der Waals surface area contributed by atoms with E-state index in [0.717, 1.165) is 18.7 Å². The molecule has 0 radical (unpaired) electrons. The van der Waals surface area contributed by atoms with Gasteiger partial charge in [0.1, 0.15) is 0 Å². The number of hydrogen-bond acceptors (Lipinski definition) is 2. The quantitative estimate of drug-likeness (QED) is 0.839. The summed E-state index contributed by atoms with van der Waals surface area (Å²) in [5, 5.41) is 3.05. The fourth-order valence-corrected chi connectivity index (χ4v) is 1.76. The summed E-state index contributed by atoms with van der Waals surface area (Å²) >= 11 is 0. The van der Waals surface area contributed by atoms with Crippen LogP contribution in [-0.2, 0) is 4.79 Å². The first-order chi connectivity index (χ1) is 8.60. The summed E-state index contributed by atoms with van der Waals surface area (Å²) in [6.45, 7) is 7.60. The van der Waals surface area contributed by atoms with Crippen molar-refractivity contribution in [2.75, 3.05) is 25.0 Å². The van der Waals surface area contributed by atoms with Crippen molar-refractivity contribution in [3.05, 3.63) is 29.8 Å². The van der Waals surface area contributed by atoms with Crippen molar-refractivity contribution in [1.29, 1.82) is 0 Å². The van der Waals surface area contributed by atoms with Gasteiger partial charge in [-0.05, 0) is 36.6 Å². The molecule has 1 rings (SSSR count). The lowest BCUT2D eigenvalue weighted by Crippen LogP contribution is -2.35. The van der Waals surface area contributed by atoms with Crippen molar-refractivity contribution in [3.63, 3.8) is 0 Å². The molecule has 0 aromatic heterocycles. The highest BCUT2D eigenvalue weighted by molar-refractivity contribution is 5.94. The molecule has 3 nitrogen and oxygen atoms in total. The number of benzene rings is 1. The van der Waals surface area contributed by atoms with Crippen molar-refractivity contribution >= 4 is 11.6 Å². The molecule has 1 amide bonds. The summed E-state index contributed by atoms with van der Waals surface area (Å²) in [6, 6.07) is 8.26. The van der Waals surface area contributed by atoms with Crippen LogP contribution >= 0.6 is 0 Å². The molecule has 1 N–H and O–H groups in total. The lowest BCUT2D eigenvalue weighted by molar-refractivity contribution is -0.117. The Morgan fingerprint density at radius 3 is 2.39 bits per heavy atom. The largest absolute Gasteiger partial charge is 0.314 e. The van der Waals surface area contributed by atoms with Crippen LogP contribution in [0.25, 0.3) is 0 Å². The molecule has 0 saturated heterocycles. The fraction of sp³-hybridized carbons (Fsp3) is 0.533. The molecular formula is C15H24N2O. The Hall–Kier alpha value is -1.35. The highest BCUT2D eigenvalue weighted by Crippen LogP contribution is 2.21. The molecule has 1 aromatic rings. The number of carbonyl (C=O) groups is 1. The molecule has 0 heterocycles. The van der Waals surface area contributed by atoms with E-state index in [1.54, 1.807) is 4.90 Å². The summed E-state index contributed by atoms with van der Waals surface area (Å²) in [6.07, 6.45) is 1.13. The van der Waals surface area contributed by atoms with Crippen LogP contribution in [0, 0.1) is 0 Å². The number of amides is 1. The van der Waals surface area contributed by atoms with Gasteiger partial charge in [0.05, 0.1) is 6.54 Å². The minimum Gasteiger partial charge on any atom is -0.314 e. The average Bonchev–Trinajstić information content (AvgIpc) is 2.43.